The largest absolute Gasteiger partial charge is 0.481 e. The first-order chi connectivity index (χ1) is 9.32. The van der Waals surface area contributed by atoms with Gasteiger partial charge in [0.1, 0.15) is 0 Å². The van der Waals surface area contributed by atoms with Crippen LogP contribution in [0.3, 0.4) is 0 Å². The van der Waals surface area contributed by atoms with Crippen LogP contribution < -0.4 is 5.32 Å². The van der Waals surface area contributed by atoms with Crippen molar-refractivity contribution in [1.82, 2.24) is 5.32 Å². The molecule has 0 aromatic carbocycles. The molecule has 0 spiro atoms. The van der Waals surface area contributed by atoms with E-state index in [9.17, 15) is 24.6 Å². The number of amides is 1. The lowest BCUT2D eigenvalue weighted by Crippen LogP contribution is -2.51. The molecule has 1 saturated carbocycles. The van der Waals surface area contributed by atoms with Crippen molar-refractivity contribution >= 4 is 17.8 Å². The van der Waals surface area contributed by atoms with E-state index >= 15 is 0 Å². The van der Waals surface area contributed by atoms with Crippen LogP contribution in [-0.2, 0) is 14.4 Å². The van der Waals surface area contributed by atoms with E-state index in [2.05, 4.69) is 5.32 Å². The van der Waals surface area contributed by atoms with Crippen LogP contribution in [0.1, 0.15) is 13.3 Å². The molecule has 20 heavy (non-hydrogen) atoms. The number of carboxylic acids is 2. The SMILES string of the molecule is C[C@H](O)[C@H](NC(=O)[C@H]1[C@@H](C(=O)O)[C@H]2C=C[C@H]1C2)C(=O)O. The fraction of sp³-hybridized carbons (Fsp3) is 0.615. The first-order valence-electron chi connectivity index (χ1n) is 6.45. The van der Waals surface area contributed by atoms with Crippen LogP contribution in [-0.4, -0.2) is 45.3 Å². The van der Waals surface area contributed by atoms with Crippen LogP contribution in [0.5, 0.6) is 0 Å². The van der Waals surface area contributed by atoms with Gasteiger partial charge in [-0.25, -0.2) is 4.79 Å². The Morgan fingerprint density at radius 3 is 2.15 bits per heavy atom. The third-order valence-electron chi connectivity index (χ3n) is 4.09. The Hall–Kier alpha value is -1.89. The first-order valence-corrected chi connectivity index (χ1v) is 6.45. The number of aliphatic hydroxyl groups is 1. The van der Waals surface area contributed by atoms with E-state index in [1.165, 1.54) is 6.92 Å². The molecule has 0 unspecified atom stereocenters. The monoisotopic (exact) mass is 283 g/mol. The highest BCUT2D eigenvalue weighted by atomic mass is 16.4. The number of hydrogen-bond acceptors (Lipinski definition) is 4. The summed E-state index contributed by atoms with van der Waals surface area (Å²) in [6.07, 6.45) is 2.96. The maximum Gasteiger partial charge on any atom is 0.328 e. The molecule has 6 atom stereocenters. The molecule has 2 bridgehead atoms. The summed E-state index contributed by atoms with van der Waals surface area (Å²) in [5.74, 6) is -4.98. The molecule has 7 heteroatoms. The van der Waals surface area contributed by atoms with Gasteiger partial charge in [0.2, 0.25) is 5.91 Å². The summed E-state index contributed by atoms with van der Waals surface area (Å²) in [4.78, 5) is 34.4. The summed E-state index contributed by atoms with van der Waals surface area (Å²) in [7, 11) is 0. The van der Waals surface area contributed by atoms with Gasteiger partial charge >= 0.3 is 11.9 Å². The van der Waals surface area contributed by atoms with Gasteiger partial charge < -0.3 is 20.6 Å². The van der Waals surface area contributed by atoms with Crippen molar-refractivity contribution in [3.05, 3.63) is 12.2 Å². The van der Waals surface area contributed by atoms with Crippen LogP contribution in [0.25, 0.3) is 0 Å². The van der Waals surface area contributed by atoms with Crippen LogP contribution in [0.4, 0.5) is 0 Å². The van der Waals surface area contributed by atoms with Crippen LogP contribution in [0.2, 0.25) is 0 Å². The molecule has 1 amide bonds. The maximum absolute atomic E-state index is 12.2. The average Bonchev–Trinajstić information content (AvgIpc) is 2.94. The lowest BCUT2D eigenvalue weighted by Gasteiger charge is -2.26. The van der Waals surface area contributed by atoms with E-state index in [1.807, 2.05) is 6.08 Å². The molecule has 1 fully saturated rings. The fourth-order valence-electron chi connectivity index (χ4n) is 3.15. The number of aliphatic carboxylic acids is 2. The Labute approximate surface area is 115 Å². The molecule has 0 aromatic heterocycles. The van der Waals surface area contributed by atoms with Crippen LogP contribution in [0.15, 0.2) is 12.2 Å². The van der Waals surface area contributed by atoms with E-state index in [0.29, 0.717) is 6.42 Å². The van der Waals surface area contributed by atoms with Gasteiger partial charge in [0.15, 0.2) is 6.04 Å². The normalized spacial score (nSPS) is 33.7. The predicted molar refractivity (Wildman–Crippen MR) is 66.6 cm³/mol. The summed E-state index contributed by atoms with van der Waals surface area (Å²) in [5.41, 5.74) is 0. The lowest BCUT2D eigenvalue weighted by molar-refractivity contribution is -0.149. The Morgan fingerprint density at radius 2 is 1.70 bits per heavy atom. The molecule has 0 aliphatic heterocycles. The molecule has 2 aliphatic carbocycles. The number of carbonyl (C=O) groups is 3. The topological polar surface area (TPSA) is 124 Å². The van der Waals surface area contributed by atoms with Gasteiger partial charge in [0.05, 0.1) is 17.9 Å². The highest BCUT2D eigenvalue weighted by molar-refractivity contribution is 5.90. The van der Waals surface area contributed by atoms with Crippen molar-refractivity contribution < 1.29 is 29.7 Å². The van der Waals surface area contributed by atoms with Crippen molar-refractivity contribution in [3.63, 3.8) is 0 Å². The Kier molecular flexibility index (Phi) is 3.80. The minimum atomic E-state index is -1.43. The number of carboxylic acid groups (broad SMARTS) is 2. The molecule has 2 aliphatic rings. The molecule has 7 nitrogen and oxygen atoms in total. The number of rotatable bonds is 5. The third-order valence-corrected chi connectivity index (χ3v) is 4.09. The minimum Gasteiger partial charge on any atom is -0.481 e. The van der Waals surface area contributed by atoms with Gasteiger partial charge in [0, 0.05) is 0 Å². The quantitative estimate of drug-likeness (QED) is 0.502. The molecular weight excluding hydrogens is 266 g/mol. The van der Waals surface area contributed by atoms with Crippen molar-refractivity contribution in [2.24, 2.45) is 23.7 Å². The van der Waals surface area contributed by atoms with Gasteiger partial charge in [-0.05, 0) is 25.2 Å². The zero-order valence-corrected chi connectivity index (χ0v) is 10.9. The summed E-state index contributed by atoms with van der Waals surface area (Å²) in [5, 5.41) is 29.8. The summed E-state index contributed by atoms with van der Waals surface area (Å²) in [6.45, 7) is 1.26. The number of nitrogens with one attached hydrogen (secondary N) is 1. The lowest BCUT2D eigenvalue weighted by atomic mass is 9.82. The van der Waals surface area contributed by atoms with Crippen molar-refractivity contribution in [2.75, 3.05) is 0 Å². The number of fused-ring (bicyclic) bond motifs is 2. The van der Waals surface area contributed by atoms with E-state index in [4.69, 9.17) is 5.11 Å². The number of carbonyl (C=O) groups excluding carboxylic acids is 1. The van der Waals surface area contributed by atoms with Gasteiger partial charge in [0.25, 0.3) is 0 Å². The van der Waals surface area contributed by atoms with Crippen molar-refractivity contribution in [3.8, 4) is 0 Å². The number of aliphatic hydroxyl groups excluding tert-OH is 1. The minimum absolute atomic E-state index is 0.176. The number of allylic oxidation sites excluding steroid dienone is 2. The zero-order chi connectivity index (χ0) is 15.0. The highest BCUT2D eigenvalue weighted by Gasteiger charge is 2.52. The van der Waals surface area contributed by atoms with Gasteiger partial charge in [-0.1, -0.05) is 12.2 Å². The molecule has 0 radical (unpaired) electrons. The Balaban J connectivity index is 2.14. The Morgan fingerprint density at radius 1 is 1.15 bits per heavy atom. The van der Waals surface area contributed by atoms with E-state index in [0.717, 1.165) is 0 Å². The third kappa shape index (κ3) is 2.40. The fourth-order valence-corrected chi connectivity index (χ4v) is 3.15. The maximum atomic E-state index is 12.2. The standard InChI is InChI=1S/C13H17NO6/c1-5(15)10(13(19)20)14-11(16)8-6-2-3-7(4-6)9(8)12(17)18/h2-3,5-10,15H,4H2,1H3,(H,14,16)(H,17,18)(H,19,20)/t5-,6-,7-,8+,9-,10-/m0/s1. The van der Waals surface area contributed by atoms with Crippen molar-refractivity contribution in [2.45, 2.75) is 25.5 Å². The van der Waals surface area contributed by atoms with Gasteiger partial charge in [-0.3, -0.25) is 9.59 Å². The second-order valence-electron chi connectivity index (χ2n) is 5.40. The van der Waals surface area contributed by atoms with E-state index < -0.39 is 41.8 Å². The second kappa shape index (κ2) is 5.24. The zero-order valence-electron chi connectivity index (χ0n) is 10.9. The van der Waals surface area contributed by atoms with E-state index in [1.54, 1.807) is 6.08 Å². The van der Waals surface area contributed by atoms with Gasteiger partial charge in [-0.2, -0.15) is 0 Å². The summed E-state index contributed by atoms with van der Waals surface area (Å²) < 4.78 is 0. The predicted octanol–water partition coefficient (Wildman–Crippen LogP) is -0.540. The molecule has 0 heterocycles. The highest BCUT2D eigenvalue weighted by Crippen LogP contribution is 2.48. The average molecular weight is 283 g/mol. The molecule has 0 saturated heterocycles. The summed E-state index contributed by atoms with van der Waals surface area (Å²) in [6, 6.07) is -1.43. The molecule has 2 rings (SSSR count). The molecule has 110 valence electrons. The molecule has 4 N–H and O–H groups in total. The first kappa shape index (κ1) is 14.5. The second-order valence-corrected chi connectivity index (χ2v) is 5.40. The van der Waals surface area contributed by atoms with Crippen LogP contribution >= 0.6 is 0 Å². The Bertz CT molecular complexity index is 471. The van der Waals surface area contributed by atoms with Crippen LogP contribution in [0, 0.1) is 23.7 Å². The smallest absolute Gasteiger partial charge is 0.328 e. The summed E-state index contributed by atoms with van der Waals surface area (Å²) >= 11 is 0. The molecule has 0 aromatic rings. The molecular formula is C13H17NO6. The van der Waals surface area contributed by atoms with Crippen molar-refractivity contribution in [1.29, 1.82) is 0 Å². The van der Waals surface area contributed by atoms with E-state index in [-0.39, 0.29) is 11.8 Å². The van der Waals surface area contributed by atoms with Gasteiger partial charge in [-0.15, -0.1) is 0 Å². The number of hydrogen-bond donors (Lipinski definition) is 4.